The molecule has 1 aromatic carbocycles. The fraction of sp³-hybridized carbons (Fsp3) is 0.450. The van der Waals surface area contributed by atoms with Crippen LogP contribution in [0.25, 0.3) is 0 Å². The van der Waals surface area contributed by atoms with E-state index in [0.717, 1.165) is 22.5 Å². The Hall–Kier alpha value is -2.83. The minimum atomic E-state index is -0.438. The summed E-state index contributed by atoms with van der Waals surface area (Å²) >= 11 is 0. The molecule has 0 fully saturated rings. The number of amides is 2. The summed E-state index contributed by atoms with van der Waals surface area (Å²) in [7, 11) is 1.91. The van der Waals surface area contributed by atoms with Crippen molar-refractivity contribution in [1.29, 1.82) is 0 Å². The Kier molecular flexibility index (Phi) is 7.40. The van der Waals surface area contributed by atoms with Crippen molar-refractivity contribution < 1.29 is 14.3 Å². The molecule has 0 saturated heterocycles. The minimum absolute atomic E-state index is 0.0894. The predicted molar refractivity (Wildman–Crippen MR) is 103 cm³/mol. The number of nitrogens with zero attached hydrogens (tertiary/aromatic N) is 2. The highest BCUT2D eigenvalue weighted by Crippen LogP contribution is 2.17. The van der Waals surface area contributed by atoms with Gasteiger partial charge in [0.1, 0.15) is 0 Å². The van der Waals surface area contributed by atoms with Gasteiger partial charge >= 0.3 is 12.0 Å². The van der Waals surface area contributed by atoms with E-state index in [1.54, 1.807) is 6.92 Å². The summed E-state index contributed by atoms with van der Waals surface area (Å²) in [5.41, 5.74) is 4.07. The van der Waals surface area contributed by atoms with Gasteiger partial charge in [0.25, 0.3) is 0 Å². The van der Waals surface area contributed by atoms with E-state index in [2.05, 4.69) is 15.7 Å². The number of rotatable bonds is 8. The molecule has 0 unspecified atom stereocenters. The Morgan fingerprint density at radius 3 is 2.52 bits per heavy atom. The molecule has 0 bridgehead atoms. The van der Waals surface area contributed by atoms with E-state index >= 15 is 0 Å². The van der Waals surface area contributed by atoms with Crippen molar-refractivity contribution in [2.75, 3.05) is 13.2 Å². The van der Waals surface area contributed by atoms with Crippen LogP contribution in [0.5, 0.6) is 0 Å². The van der Waals surface area contributed by atoms with Gasteiger partial charge < -0.3 is 15.4 Å². The van der Waals surface area contributed by atoms with E-state index in [0.29, 0.717) is 19.6 Å². The van der Waals surface area contributed by atoms with Crippen LogP contribution in [0.4, 0.5) is 4.79 Å². The van der Waals surface area contributed by atoms with Crippen molar-refractivity contribution in [2.24, 2.45) is 7.05 Å². The summed E-state index contributed by atoms with van der Waals surface area (Å²) in [6, 6.07) is 8.66. The maximum absolute atomic E-state index is 12.3. The number of esters is 1. The highest BCUT2D eigenvalue weighted by atomic mass is 16.5. The molecule has 0 aliphatic heterocycles. The van der Waals surface area contributed by atoms with E-state index < -0.39 is 6.04 Å². The quantitative estimate of drug-likeness (QED) is 0.698. The highest BCUT2D eigenvalue weighted by molar-refractivity contribution is 5.76. The molecule has 0 spiro atoms. The Bertz CT molecular complexity index is 771. The van der Waals surface area contributed by atoms with Crippen LogP contribution in [-0.4, -0.2) is 34.9 Å². The van der Waals surface area contributed by atoms with Crippen LogP contribution < -0.4 is 10.6 Å². The van der Waals surface area contributed by atoms with E-state index in [4.69, 9.17) is 4.74 Å². The Labute approximate surface area is 160 Å². The van der Waals surface area contributed by atoms with Gasteiger partial charge in [-0.05, 0) is 38.3 Å². The summed E-state index contributed by atoms with van der Waals surface area (Å²) < 4.78 is 6.87. The largest absolute Gasteiger partial charge is 0.466 e. The van der Waals surface area contributed by atoms with Gasteiger partial charge in [0, 0.05) is 19.3 Å². The van der Waals surface area contributed by atoms with E-state index in [-0.39, 0.29) is 18.4 Å². The molecule has 27 heavy (non-hydrogen) atoms. The molecule has 0 saturated carbocycles. The molecular weight excluding hydrogens is 344 g/mol. The Balaban J connectivity index is 1.93. The molecule has 2 aromatic rings. The second-order valence-corrected chi connectivity index (χ2v) is 6.40. The molecule has 2 amide bonds. The molecule has 1 atom stereocenters. The minimum Gasteiger partial charge on any atom is -0.466 e. The first kappa shape index (κ1) is 20.5. The number of urea groups is 1. The molecule has 0 radical (unpaired) electrons. The second-order valence-electron chi connectivity index (χ2n) is 6.40. The van der Waals surface area contributed by atoms with Crippen LogP contribution in [0.1, 0.15) is 41.9 Å². The molecule has 0 aliphatic rings. The van der Waals surface area contributed by atoms with E-state index in [1.165, 1.54) is 0 Å². The molecule has 146 valence electrons. The standard InChI is InChI=1S/C20H28N4O3/c1-5-27-19(25)13-18(16-9-7-6-8-10-16)22-20(26)21-12-11-17-14(2)23-24(4)15(17)3/h6-10,18H,5,11-13H2,1-4H3,(H2,21,22,26)/t18-/m1/s1. The van der Waals surface area contributed by atoms with Crippen LogP contribution in [-0.2, 0) is 23.0 Å². The summed E-state index contributed by atoms with van der Waals surface area (Å²) in [6.07, 6.45) is 0.791. The molecule has 2 N–H and O–H groups in total. The number of carbonyl (C=O) groups excluding carboxylic acids is 2. The number of hydrogen-bond donors (Lipinski definition) is 2. The molecule has 2 rings (SSSR count). The van der Waals surface area contributed by atoms with Crippen LogP contribution >= 0.6 is 0 Å². The third-order valence-electron chi connectivity index (χ3n) is 4.50. The first-order chi connectivity index (χ1) is 12.9. The summed E-state index contributed by atoms with van der Waals surface area (Å²) in [5.74, 6) is -0.340. The van der Waals surface area contributed by atoms with Crippen molar-refractivity contribution in [3.8, 4) is 0 Å². The molecule has 7 heteroatoms. The Morgan fingerprint density at radius 1 is 1.22 bits per heavy atom. The van der Waals surface area contributed by atoms with Crippen LogP contribution in [0.2, 0.25) is 0 Å². The highest BCUT2D eigenvalue weighted by Gasteiger charge is 2.19. The predicted octanol–water partition coefficient (Wildman–Crippen LogP) is 2.57. The fourth-order valence-corrected chi connectivity index (χ4v) is 3.01. The van der Waals surface area contributed by atoms with Crippen LogP contribution in [0.3, 0.4) is 0 Å². The average molecular weight is 372 g/mol. The summed E-state index contributed by atoms with van der Waals surface area (Å²) in [4.78, 5) is 24.2. The van der Waals surface area contributed by atoms with Crippen molar-refractivity contribution in [1.82, 2.24) is 20.4 Å². The maximum Gasteiger partial charge on any atom is 0.315 e. The van der Waals surface area contributed by atoms with Gasteiger partial charge in [-0.3, -0.25) is 9.48 Å². The zero-order valence-electron chi connectivity index (χ0n) is 16.4. The smallest absolute Gasteiger partial charge is 0.315 e. The maximum atomic E-state index is 12.3. The average Bonchev–Trinajstić information content (AvgIpc) is 2.88. The first-order valence-corrected chi connectivity index (χ1v) is 9.16. The van der Waals surface area contributed by atoms with Gasteiger partial charge in [0.15, 0.2) is 0 Å². The Morgan fingerprint density at radius 2 is 1.93 bits per heavy atom. The van der Waals surface area contributed by atoms with Gasteiger partial charge in [-0.25, -0.2) is 4.79 Å². The SMILES string of the molecule is CCOC(=O)C[C@@H](NC(=O)NCCc1c(C)nn(C)c1C)c1ccccc1. The van der Waals surface area contributed by atoms with Crippen molar-refractivity contribution in [2.45, 2.75) is 39.7 Å². The lowest BCUT2D eigenvalue weighted by atomic mass is 10.0. The van der Waals surface area contributed by atoms with Crippen molar-refractivity contribution >= 4 is 12.0 Å². The number of nitrogens with one attached hydrogen (secondary N) is 2. The van der Waals surface area contributed by atoms with Gasteiger partial charge in [-0.1, -0.05) is 30.3 Å². The van der Waals surface area contributed by atoms with E-state index in [1.807, 2.05) is 55.9 Å². The third-order valence-corrected chi connectivity index (χ3v) is 4.50. The second kappa shape index (κ2) is 9.75. The van der Waals surface area contributed by atoms with Crippen LogP contribution in [0.15, 0.2) is 30.3 Å². The first-order valence-electron chi connectivity index (χ1n) is 9.16. The molecule has 7 nitrogen and oxygen atoms in total. The number of ether oxygens (including phenoxy) is 1. The van der Waals surface area contributed by atoms with Crippen molar-refractivity contribution in [3.05, 3.63) is 52.8 Å². The van der Waals surface area contributed by atoms with Gasteiger partial charge in [-0.15, -0.1) is 0 Å². The monoisotopic (exact) mass is 372 g/mol. The lowest BCUT2D eigenvalue weighted by Crippen LogP contribution is -2.39. The molecular formula is C20H28N4O3. The number of aromatic nitrogens is 2. The third kappa shape index (κ3) is 5.84. The van der Waals surface area contributed by atoms with E-state index in [9.17, 15) is 9.59 Å². The molecule has 1 heterocycles. The topological polar surface area (TPSA) is 85.2 Å². The fourth-order valence-electron chi connectivity index (χ4n) is 3.01. The molecule has 0 aliphatic carbocycles. The lowest BCUT2D eigenvalue weighted by Gasteiger charge is -2.19. The lowest BCUT2D eigenvalue weighted by molar-refractivity contribution is -0.143. The number of aryl methyl sites for hydroxylation is 2. The van der Waals surface area contributed by atoms with Gasteiger partial charge in [0.2, 0.25) is 0 Å². The summed E-state index contributed by atoms with van der Waals surface area (Å²) in [6.45, 7) is 6.54. The van der Waals surface area contributed by atoms with Gasteiger partial charge in [0.05, 0.1) is 24.8 Å². The van der Waals surface area contributed by atoms with Crippen molar-refractivity contribution in [3.63, 3.8) is 0 Å². The molecule has 1 aromatic heterocycles. The van der Waals surface area contributed by atoms with Gasteiger partial charge in [-0.2, -0.15) is 5.10 Å². The number of hydrogen-bond acceptors (Lipinski definition) is 4. The van der Waals surface area contributed by atoms with Crippen LogP contribution in [0, 0.1) is 13.8 Å². The zero-order chi connectivity index (χ0) is 19.8. The number of benzene rings is 1. The normalized spacial score (nSPS) is 11.7. The number of carbonyl (C=O) groups is 2. The zero-order valence-corrected chi connectivity index (χ0v) is 16.4. The summed E-state index contributed by atoms with van der Waals surface area (Å²) in [5, 5.41) is 10.1.